The molecular weight excluding hydrogens is 422 g/mol. The van der Waals surface area contributed by atoms with Crippen LogP contribution >= 0.6 is 0 Å². The lowest BCUT2D eigenvalue weighted by Gasteiger charge is -2.19. The van der Waals surface area contributed by atoms with E-state index < -0.39 is 0 Å². The molecule has 33 heavy (non-hydrogen) atoms. The van der Waals surface area contributed by atoms with Gasteiger partial charge < -0.3 is 18.9 Å². The molecule has 2 aliphatic rings. The fraction of sp³-hybridized carbons (Fsp3) is 0.280. The maximum atomic E-state index is 13.3. The summed E-state index contributed by atoms with van der Waals surface area (Å²) >= 11 is 0. The Balaban J connectivity index is 1.62. The highest BCUT2D eigenvalue weighted by Gasteiger charge is 2.26. The fourth-order valence-electron chi connectivity index (χ4n) is 5.32. The van der Waals surface area contributed by atoms with Crippen LogP contribution in [0.15, 0.2) is 50.4 Å². The molecule has 0 spiro atoms. The van der Waals surface area contributed by atoms with Gasteiger partial charge in [-0.2, -0.15) is 0 Å². The molecule has 8 nitrogen and oxygen atoms in total. The average Bonchev–Trinajstić information content (AvgIpc) is 3.55. The molecule has 0 saturated heterocycles. The molecule has 0 atom stereocenters. The average molecular weight is 443 g/mol. The largest absolute Gasteiger partial charge is 0.486 e. The van der Waals surface area contributed by atoms with Crippen LogP contribution in [0, 0.1) is 0 Å². The molecule has 1 aliphatic heterocycles. The van der Waals surface area contributed by atoms with E-state index in [2.05, 4.69) is 10.1 Å². The summed E-state index contributed by atoms with van der Waals surface area (Å²) in [6.07, 6.45) is 4.34. The number of pyridine rings is 1. The monoisotopic (exact) mass is 443 g/mol. The Morgan fingerprint density at radius 1 is 0.939 bits per heavy atom. The maximum absolute atomic E-state index is 13.3. The normalized spacial score (nSPS) is 16.4. The van der Waals surface area contributed by atoms with E-state index in [4.69, 9.17) is 13.9 Å². The third kappa shape index (κ3) is 2.70. The van der Waals surface area contributed by atoms with Crippen molar-refractivity contribution in [1.29, 1.82) is 0 Å². The second kappa shape index (κ2) is 6.78. The lowest BCUT2D eigenvalue weighted by molar-refractivity contribution is 0.171. The van der Waals surface area contributed by atoms with Crippen molar-refractivity contribution in [2.45, 2.75) is 31.7 Å². The van der Waals surface area contributed by atoms with Crippen molar-refractivity contribution in [1.82, 2.24) is 14.8 Å². The Morgan fingerprint density at radius 3 is 2.61 bits per heavy atom. The summed E-state index contributed by atoms with van der Waals surface area (Å²) in [5.41, 5.74) is 3.69. The van der Waals surface area contributed by atoms with Crippen LogP contribution in [0.25, 0.3) is 44.2 Å². The number of aromatic amines is 2. The lowest BCUT2D eigenvalue weighted by atomic mass is 10.0. The van der Waals surface area contributed by atoms with Gasteiger partial charge in [-0.3, -0.25) is 19.4 Å². The first-order valence-electron chi connectivity index (χ1n) is 11.3. The lowest BCUT2D eigenvalue weighted by Crippen LogP contribution is -2.15. The summed E-state index contributed by atoms with van der Waals surface area (Å²) in [6.45, 7) is 0.978. The van der Waals surface area contributed by atoms with Crippen LogP contribution in [0.3, 0.4) is 0 Å². The number of rotatable bonds is 2. The number of hydrogen-bond acceptors (Lipinski definition) is 5. The standard InChI is InChI=1S/C25H21N3O5/c29-15-6-7-16-18(12-15)33-23-20(13-5-8-17-19(11-13)32-10-9-31-17)21-24(26-22(16)23)28(27-25(21)30)14-3-1-2-4-14/h5-8,11-12,14,26H,1-4,9-10H2,(H,27,30). The van der Waals surface area contributed by atoms with Gasteiger partial charge in [0.05, 0.1) is 16.9 Å². The number of nitrogens with zero attached hydrogens (tertiary/aromatic N) is 1. The third-order valence-corrected chi connectivity index (χ3v) is 6.83. The quantitative estimate of drug-likeness (QED) is 0.419. The molecule has 2 aromatic carbocycles. The van der Waals surface area contributed by atoms with Crippen molar-refractivity contribution in [2.75, 3.05) is 13.2 Å². The van der Waals surface area contributed by atoms with Crippen LogP contribution in [-0.4, -0.2) is 28.0 Å². The Morgan fingerprint density at radius 2 is 1.76 bits per heavy atom. The first-order valence-corrected chi connectivity index (χ1v) is 11.3. The first-order chi connectivity index (χ1) is 16.2. The van der Waals surface area contributed by atoms with Crippen molar-refractivity contribution in [3.8, 4) is 22.6 Å². The Kier molecular flexibility index (Phi) is 3.82. The first kappa shape index (κ1) is 18.6. The zero-order chi connectivity index (χ0) is 22.1. The second-order valence-corrected chi connectivity index (χ2v) is 8.80. The van der Waals surface area contributed by atoms with Gasteiger partial charge in [0.15, 0.2) is 22.5 Å². The Labute approximate surface area is 186 Å². The van der Waals surface area contributed by atoms with Gasteiger partial charge >= 0.3 is 0 Å². The van der Waals surface area contributed by atoms with E-state index >= 15 is 0 Å². The number of furan rings is 1. The van der Waals surface area contributed by atoms with Gasteiger partial charge in [-0.15, -0.1) is 0 Å². The molecule has 0 amide bonds. The maximum Gasteiger partial charge on any atom is 0.274 e. The highest BCUT2D eigenvalue weighted by atomic mass is 16.6. The number of ether oxygens (including phenoxy) is 2. The number of aromatic nitrogens is 3. The molecule has 1 saturated carbocycles. The molecule has 3 aromatic heterocycles. The van der Waals surface area contributed by atoms with Gasteiger partial charge in [0, 0.05) is 17.0 Å². The van der Waals surface area contributed by atoms with Crippen LogP contribution in [0.4, 0.5) is 0 Å². The molecule has 8 heteroatoms. The minimum Gasteiger partial charge on any atom is -0.486 e. The predicted molar refractivity (Wildman–Crippen MR) is 124 cm³/mol. The van der Waals surface area contributed by atoms with Crippen LogP contribution in [0.5, 0.6) is 11.5 Å². The molecule has 166 valence electrons. The molecule has 2 N–H and O–H groups in total. The second-order valence-electron chi connectivity index (χ2n) is 8.80. The van der Waals surface area contributed by atoms with Crippen LogP contribution in [0.2, 0.25) is 0 Å². The van der Waals surface area contributed by atoms with Gasteiger partial charge in [-0.25, -0.2) is 0 Å². The summed E-state index contributed by atoms with van der Waals surface area (Å²) in [5.74, 6) is 1.32. The van der Waals surface area contributed by atoms with E-state index in [1.54, 1.807) is 6.07 Å². The van der Waals surface area contributed by atoms with E-state index in [0.717, 1.165) is 47.8 Å². The van der Waals surface area contributed by atoms with Gasteiger partial charge in [-0.05, 0) is 42.7 Å². The predicted octanol–water partition coefficient (Wildman–Crippen LogP) is 4.47. The van der Waals surface area contributed by atoms with E-state index in [1.807, 2.05) is 22.9 Å². The molecular formula is C25H21N3O5. The number of H-pyrrole nitrogens is 2. The highest BCUT2D eigenvalue weighted by molar-refractivity contribution is 6.14. The van der Waals surface area contributed by atoms with E-state index in [0.29, 0.717) is 46.8 Å². The Bertz CT molecular complexity index is 1680. The zero-order valence-electron chi connectivity index (χ0n) is 17.8. The van der Waals surface area contributed by atoms with Gasteiger partial charge in [0.25, 0.3) is 5.56 Å². The summed E-state index contributed by atoms with van der Waals surface area (Å²) < 4.78 is 19.7. The van der Waals surface area contributed by atoms with Crippen molar-refractivity contribution >= 4 is 33.1 Å². The highest BCUT2D eigenvalue weighted by Crippen LogP contribution is 2.42. The van der Waals surface area contributed by atoms with Gasteiger partial charge in [-0.1, -0.05) is 18.9 Å². The van der Waals surface area contributed by atoms with Gasteiger partial charge in [0.1, 0.15) is 24.4 Å². The SMILES string of the molecule is O=c1ccc2c(c1)oc1c(-c3ccc4c(c3)OCCO4)c3c(=O)[nH]n(C4CCCC4)c3[nH]c12. The smallest absolute Gasteiger partial charge is 0.274 e. The zero-order valence-corrected chi connectivity index (χ0v) is 17.8. The van der Waals surface area contributed by atoms with Crippen LogP contribution in [0.1, 0.15) is 31.7 Å². The summed E-state index contributed by atoms with van der Waals surface area (Å²) in [5, 5.41) is 4.41. The number of benzene rings is 2. The molecule has 1 aliphatic carbocycles. The molecule has 5 aromatic rings. The minimum absolute atomic E-state index is 0.125. The molecule has 0 unspecified atom stereocenters. The summed E-state index contributed by atoms with van der Waals surface area (Å²) in [7, 11) is 0. The van der Waals surface area contributed by atoms with E-state index in [9.17, 15) is 9.59 Å². The topological polar surface area (TPSA) is 102 Å². The van der Waals surface area contributed by atoms with Crippen molar-refractivity contribution < 1.29 is 13.9 Å². The number of hydrogen-bond donors (Lipinski definition) is 2. The van der Waals surface area contributed by atoms with Gasteiger partial charge in [0.2, 0.25) is 0 Å². The molecule has 0 radical (unpaired) electrons. The number of nitrogens with one attached hydrogen (secondary N) is 2. The van der Waals surface area contributed by atoms with Crippen molar-refractivity contribution in [3.05, 3.63) is 57.0 Å². The molecule has 7 rings (SSSR count). The third-order valence-electron chi connectivity index (χ3n) is 6.83. The summed E-state index contributed by atoms with van der Waals surface area (Å²) in [6, 6.07) is 10.7. The van der Waals surface area contributed by atoms with Crippen LogP contribution in [-0.2, 0) is 0 Å². The number of fused-ring (bicyclic) bond motifs is 5. The summed E-state index contributed by atoms with van der Waals surface area (Å²) in [4.78, 5) is 28.8. The van der Waals surface area contributed by atoms with Crippen LogP contribution < -0.4 is 20.5 Å². The van der Waals surface area contributed by atoms with Crippen molar-refractivity contribution in [2.24, 2.45) is 0 Å². The molecule has 1 fully saturated rings. The minimum atomic E-state index is -0.176. The molecule has 4 heterocycles. The molecule has 0 bridgehead atoms. The van der Waals surface area contributed by atoms with E-state index in [-0.39, 0.29) is 17.0 Å². The fourth-order valence-corrected chi connectivity index (χ4v) is 5.32. The Hall–Kier alpha value is -3.94. The van der Waals surface area contributed by atoms with E-state index in [1.165, 1.54) is 12.1 Å². The van der Waals surface area contributed by atoms with Crippen molar-refractivity contribution in [3.63, 3.8) is 0 Å².